The molecule has 0 fully saturated rings. The highest BCUT2D eigenvalue weighted by atomic mass is 16.3. The number of furan rings is 1. The van der Waals surface area contributed by atoms with Gasteiger partial charge in [0.15, 0.2) is 0 Å². The second-order valence-electron chi connectivity index (χ2n) is 4.57. The Morgan fingerprint density at radius 1 is 1.28 bits per heavy atom. The van der Waals surface area contributed by atoms with Crippen LogP contribution in [-0.2, 0) is 16.1 Å². The van der Waals surface area contributed by atoms with Gasteiger partial charge < -0.3 is 15.1 Å². The average molecular weight is 252 g/mol. The molecule has 5 nitrogen and oxygen atoms in total. The number of hydrogen-bond acceptors (Lipinski definition) is 3. The first-order valence-corrected chi connectivity index (χ1v) is 6.13. The van der Waals surface area contributed by atoms with E-state index in [1.807, 2.05) is 0 Å². The van der Waals surface area contributed by atoms with E-state index < -0.39 is 0 Å². The number of rotatable bonds is 7. The summed E-state index contributed by atoms with van der Waals surface area (Å²) >= 11 is 0. The van der Waals surface area contributed by atoms with Gasteiger partial charge in [0.1, 0.15) is 5.76 Å². The van der Waals surface area contributed by atoms with Gasteiger partial charge in [-0.05, 0) is 24.5 Å². The molecule has 0 aliphatic heterocycles. The standard InChI is InChI=1S/C13H20N2O3/c1-10(2)5-6-12(16)15-9-13(17)14-8-11-4-3-7-18-11/h3-4,7,10H,5-6,8-9H2,1-2H3,(H,14,17)(H,15,16). The normalized spacial score (nSPS) is 10.4. The molecule has 0 saturated heterocycles. The van der Waals surface area contributed by atoms with Crippen LogP contribution >= 0.6 is 0 Å². The average Bonchev–Trinajstić information content (AvgIpc) is 2.84. The van der Waals surface area contributed by atoms with Gasteiger partial charge in [0.05, 0.1) is 19.4 Å². The topological polar surface area (TPSA) is 71.3 Å². The van der Waals surface area contributed by atoms with E-state index in [1.165, 1.54) is 0 Å². The molecule has 0 aromatic carbocycles. The minimum Gasteiger partial charge on any atom is -0.467 e. The molecular weight excluding hydrogens is 232 g/mol. The molecule has 5 heteroatoms. The Kier molecular flexibility index (Phi) is 5.97. The van der Waals surface area contributed by atoms with Crippen LogP contribution in [-0.4, -0.2) is 18.4 Å². The lowest BCUT2D eigenvalue weighted by atomic mass is 10.1. The SMILES string of the molecule is CC(C)CCC(=O)NCC(=O)NCc1ccco1. The highest BCUT2D eigenvalue weighted by molar-refractivity contribution is 5.84. The van der Waals surface area contributed by atoms with E-state index in [9.17, 15) is 9.59 Å². The molecule has 2 N–H and O–H groups in total. The Hall–Kier alpha value is -1.78. The Balaban J connectivity index is 2.11. The van der Waals surface area contributed by atoms with Crippen molar-refractivity contribution in [2.24, 2.45) is 5.92 Å². The summed E-state index contributed by atoms with van der Waals surface area (Å²) in [6.07, 6.45) is 2.85. The lowest BCUT2D eigenvalue weighted by Crippen LogP contribution is -2.36. The molecule has 2 amide bonds. The van der Waals surface area contributed by atoms with Crippen LogP contribution < -0.4 is 10.6 Å². The smallest absolute Gasteiger partial charge is 0.239 e. The maximum atomic E-state index is 11.4. The number of nitrogens with one attached hydrogen (secondary N) is 2. The van der Waals surface area contributed by atoms with Crippen LogP contribution in [0.1, 0.15) is 32.4 Å². The summed E-state index contributed by atoms with van der Waals surface area (Å²) in [5.41, 5.74) is 0. The Bertz CT molecular complexity index is 372. The highest BCUT2D eigenvalue weighted by Crippen LogP contribution is 2.02. The van der Waals surface area contributed by atoms with Crippen LogP contribution in [0.3, 0.4) is 0 Å². The minimum absolute atomic E-state index is 0.0115. The van der Waals surface area contributed by atoms with E-state index in [4.69, 9.17) is 4.42 Å². The molecule has 100 valence electrons. The van der Waals surface area contributed by atoms with Crippen molar-refractivity contribution < 1.29 is 14.0 Å². The second-order valence-corrected chi connectivity index (χ2v) is 4.57. The fraction of sp³-hybridized carbons (Fsp3) is 0.538. The molecule has 0 aliphatic rings. The zero-order valence-electron chi connectivity index (χ0n) is 10.9. The summed E-state index contributed by atoms with van der Waals surface area (Å²) in [5.74, 6) is 0.874. The largest absolute Gasteiger partial charge is 0.467 e. The van der Waals surface area contributed by atoms with Crippen molar-refractivity contribution in [2.45, 2.75) is 33.2 Å². The molecule has 18 heavy (non-hydrogen) atoms. The number of hydrogen-bond donors (Lipinski definition) is 2. The predicted molar refractivity (Wildman–Crippen MR) is 67.6 cm³/mol. The second kappa shape index (κ2) is 7.53. The van der Waals surface area contributed by atoms with Gasteiger partial charge in [0, 0.05) is 6.42 Å². The first kappa shape index (κ1) is 14.3. The summed E-state index contributed by atoms with van der Waals surface area (Å²) in [6, 6.07) is 3.54. The van der Waals surface area contributed by atoms with Gasteiger partial charge in [0.25, 0.3) is 0 Å². The van der Waals surface area contributed by atoms with E-state index in [1.54, 1.807) is 18.4 Å². The van der Waals surface area contributed by atoms with Crippen LogP contribution in [0.5, 0.6) is 0 Å². The zero-order valence-corrected chi connectivity index (χ0v) is 10.9. The quantitative estimate of drug-likeness (QED) is 0.771. The number of carbonyl (C=O) groups is 2. The molecule has 0 aliphatic carbocycles. The van der Waals surface area contributed by atoms with Gasteiger partial charge in [-0.15, -0.1) is 0 Å². The first-order chi connectivity index (χ1) is 8.58. The Morgan fingerprint density at radius 2 is 2.06 bits per heavy atom. The molecule has 0 spiro atoms. The van der Waals surface area contributed by atoms with E-state index in [0.29, 0.717) is 24.6 Å². The van der Waals surface area contributed by atoms with Gasteiger partial charge in [-0.25, -0.2) is 0 Å². The highest BCUT2D eigenvalue weighted by Gasteiger charge is 2.06. The summed E-state index contributed by atoms with van der Waals surface area (Å²) in [7, 11) is 0. The molecule has 1 aromatic rings. The summed E-state index contributed by atoms with van der Waals surface area (Å²) < 4.78 is 5.07. The van der Waals surface area contributed by atoms with Crippen LogP contribution in [0.2, 0.25) is 0 Å². The molecular formula is C13H20N2O3. The third-order valence-corrected chi connectivity index (χ3v) is 2.43. The molecule has 0 atom stereocenters. The number of amides is 2. The van der Waals surface area contributed by atoms with Crippen molar-refractivity contribution in [3.63, 3.8) is 0 Å². The predicted octanol–water partition coefficient (Wildman–Crippen LogP) is 1.45. The summed E-state index contributed by atoms with van der Waals surface area (Å²) in [5, 5.41) is 5.24. The monoisotopic (exact) mass is 252 g/mol. The Morgan fingerprint density at radius 3 is 2.67 bits per heavy atom. The van der Waals surface area contributed by atoms with Crippen molar-refractivity contribution in [1.29, 1.82) is 0 Å². The fourth-order valence-corrected chi connectivity index (χ4v) is 1.35. The van der Waals surface area contributed by atoms with E-state index in [-0.39, 0.29) is 18.4 Å². The Labute approximate surface area is 107 Å². The minimum atomic E-state index is -0.218. The van der Waals surface area contributed by atoms with Gasteiger partial charge in [0.2, 0.25) is 11.8 Å². The van der Waals surface area contributed by atoms with Gasteiger partial charge in [-0.3, -0.25) is 9.59 Å². The molecule has 0 unspecified atom stereocenters. The maximum Gasteiger partial charge on any atom is 0.239 e. The van der Waals surface area contributed by atoms with Gasteiger partial charge in [-0.1, -0.05) is 13.8 Å². The molecule has 1 heterocycles. The molecule has 1 aromatic heterocycles. The van der Waals surface area contributed by atoms with Gasteiger partial charge >= 0.3 is 0 Å². The molecule has 1 rings (SSSR count). The van der Waals surface area contributed by atoms with Crippen molar-refractivity contribution in [3.8, 4) is 0 Å². The van der Waals surface area contributed by atoms with Crippen molar-refractivity contribution in [3.05, 3.63) is 24.2 Å². The van der Waals surface area contributed by atoms with Crippen LogP contribution in [0.15, 0.2) is 22.8 Å². The maximum absolute atomic E-state index is 11.4. The van der Waals surface area contributed by atoms with E-state index in [0.717, 1.165) is 6.42 Å². The lowest BCUT2D eigenvalue weighted by molar-refractivity contribution is -0.126. The number of carbonyl (C=O) groups excluding carboxylic acids is 2. The summed E-state index contributed by atoms with van der Waals surface area (Å²) in [4.78, 5) is 22.8. The summed E-state index contributed by atoms with van der Waals surface area (Å²) in [6.45, 7) is 4.47. The molecule has 0 saturated carbocycles. The van der Waals surface area contributed by atoms with Crippen molar-refractivity contribution in [1.82, 2.24) is 10.6 Å². The molecule has 0 bridgehead atoms. The third-order valence-electron chi connectivity index (χ3n) is 2.43. The fourth-order valence-electron chi connectivity index (χ4n) is 1.35. The van der Waals surface area contributed by atoms with E-state index in [2.05, 4.69) is 24.5 Å². The van der Waals surface area contributed by atoms with Crippen LogP contribution in [0, 0.1) is 5.92 Å². The first-order valence-electron chi connectivity index (χ1n) is 6.13. The van der Waals surface area contributed by atoms with Gasteiger partial charge in [-0.2, -0.15) is 0 Å². The van der Waals surface area contributed by atoms with Crippen LogP contribution in [0.4, 0.5) is 0 Å². The molecule has 0 radical (unpaired) electrons. The van der Waals surface area contributed by atoms with E-state index >= 15 is 0 Å². The van der Waals surface area contributed by atoms with Crippen molar-refractivity contribution >= 4 is 11.8 Å². The van der Waals surface area contributed by atoms with Crippen molar-refractivity contribution in [2.75, 3.05) is 6.54 Å². The van der Waals surface area contributed by atoms with Crippen LogP contribution in [0.25, 0.3) is 0 Å². The third kappa shape index (κ3) is 6.08. The zero-order chi connectivity index (χ0) is 13.4. The lowest BCUT2D eigenvalue weighted by Gasteiger charge is -2.07.